The number of fused-ring (bicyclic) bond motifs is 12. The first-order valence-corrected chi connectivity index (χ1v) is 22.9. The van der Waals surface area contributed by atoms with Gasteiger partial charge < -0.3 is 18.6 Å². The average molecular weight is 829 g/mol. The predicted molar refractivity (Wildman–Crippen MR) is 265 cm³/mol. The predicted octanol–water partition coefficient (Wildman–Crippen LogP) is 16.6. The summed E-state index contributed by atoms with van der Waals surface area (Å²) in [4.78, 5) is 4.94. The van der Waals surface area contributed by atoms with Crippen molar-refractivity contribution in [2.24, 2.45) is 0 Å². The number of hydrogen-bond acceptors (Lipinski definition) is 4. The van der Waals surface area contributed by atoms with E-state index in [0.29, 0.717) is 0 Å². The summed E-state index contributed by atoms with van der Waals surface area (Å²) < 4.78 is 13.2. The summed E-state index contributed by atoms with van der Waals surface area (Å²) in [5.41, 5.74) is 21.2. The van der Waals surface area contributed by atoms with Crippen LogP contribution in [-0.2, 0) is 23.7 Å². The Labute approximate surface area is 374 Å². The lowest BCUT2D eigenvalue weighted by Gasteiger charge is -2.32. The number of furan rings is 2. The summed E-state index contributed by atoms with van der Waals surface area (Å²) in [6.45, 7) is 9.46. The number of aryl methyl sites for hydroxylation is 2. The smallest absolute Gasteiger partial charge is 0.137 e. The molecule has 0 radical (unpaired) electrons. The fourth-order valence-corrected chi connectivity index (χ4v) is 11.7. The Morgan fingerprint density at radius 3 is 1.59 bits per heavy atom. The van der Waals surface area contributed by atoms with E-state index in [0.717, 1.165) is 87.9 Å². The first-order chi connectivity index (χ1) is 31.3. The molecule has 0 amide bonds. The van der Waals surface area contributed by atoms with E-state index in [1.54, 1.807) is 0 Å². The van der Waals surface area contributed by atoms with E-state index in [9.17, 15) is 0 Å². The Hall–Kier alpha value is -7.30. The molecule has 2 heterocycles. The van der Waals surface area contributed by atoms with Crippen LogP contribution in [0, 0.1) is 0 Å². The second kappa shape index (κ2) is 13.6. The van der Waals surface area contributed by atoms with Crippen LogP contribution >= 0.6 is 0 Å². The summed E-state index contributed by atoms with van der Waals surface area (Å²) in [5.74, 6) is 2.02. The van der Waals surface area contributed by atoms with Crippen molar-refractivity contribution in [3.05, 3.63) is 203 Å². The van der Waals surface area contributed by atoms with Crippen LogP contribution in [0.1, 0.15) is 85.4 Å². The molecular formula is C60H48N2O2. The van der Waals surface area contributed by atoms with Crippen molar-refractivity contribution in [2.75, 3.05) is 9.80 Å². The Morgan fingerprint density at radius 2 is 0.953 bits per heavy atom. The second-order valence-corrected chi connectivity index (χ2v) is 19.1. The van der Waals surface area contributed by atoms with Gasteiger partial charge in [-0.05, 0) is 137 Å². The standard InChI is InChI=1S/C60H48N2O2/c1-59(2)47-22-9-5-18-41(47)43-32-30-39(35-49(43)59)61(51-24-14-28-55-57(51)45-20-7-11-26-53(45)63-55)37-16-13-17-38(34-37)62(52-25-15-29-56-58(52)46-21-8-12-27-54(46)64-56)40-31-33-44-42-19-6-10-23-48(42)60(3,4)50(44)36-40/h5-7,9-10,12-20,22-25,27-36H,8,11,21,26H2,1-4H3. The van der Waals surface area contributed by atoms with Crippen LogP contribution in [0.2, 0.25) is 0 Å². The highest BCUT2D eigenvalue weighted by atomic mass is 16.3. The highest BCUT2D eigenvalue weighted by molar-refractivity contribution is 6.05. The number of allylic oxidation sites excluding steroid dienone is 2. The number of hydrogen-bond donors (Lipinski definition) is 0. The molecule has 0 saturated heterocycles. The van der Waals surface area contributed by atoms with Gasteiger partial charge >= 0.3 is 0 Å². The molecule has 0 spiro atoms. The van der Waals surface area contributed by atoms with Crippen LogP contribution in [0.3, 0.4) is 0 Å². The Bertz CT molecular complexity index is 3480. The molecule has 0 fully saturated rings. The molecule has 2 aromatic heterocycles. The topological polar surface area (TPSA) is 32.8 Å². The SMILES string of the molecule is CC1(C)c2ccccc2-c2ccc(N(c3cccc(N(c4ccc5c(c4)C(C)(C)c4ccccc4-5)c4cccc5oc6c(c45)CCC=C6)c3)c3cccc4oc5c(c34)C=CCC5)cc21. The molecule has 0 bridgehead atoms. The van der Waals surface area contributed by atoms with Gasteiger partial charge in [-0.3, -0.25) is 0 Å². The zero-order chi connectivity index (χ0) is 42.9. The molecule has 4 aliphatic carbocycles. The molecule has 0 aliphatic heterocycles. The summed E-state index contributed by atoms with van der Waals surface area (Å²) in [6, 6.07) is 54.2. The first-order valence-electron chi connectivity index (χ1n) is 22.9. The fraction of sp³-hybridized carbons (Fsp3) is 0.167. The van der Waals surface area contributed by atoms with Crippen molar-refractivity contribution < 1.29 is 8.83 Å². The van der Waals surface area contributed by atoms with Gasteiger partial charge in [0.15, 0.2) is 0 Å². The highest BCUT2D eigenvalue weighted by Crippen LogP contribution is 2.54. The summed E-state index contributed by atoms with van der Waals surface area (Å²) in [7, 11) is 0. The maximum absolute atomic E-state index is 6.64. The Kier molecular flexibility index (Phi) is 7.92. The molecule has 4 aliphatic rings. The fourth-order valence-electron chi connectivity index (χ4n) is 11.7. The molecule has 0 atom stereocenters. The lowest BCUT2D eigenvalue weighted by Crippen LogP contribution is -2.18. The number of nitrogens with zero attached hydrogens (tertiary/aromatic N) is 2. The Morgan fingerprint density at radius 1 is 0.438 bits per heavy atom. The molecule has 0 saturated carbocycles. The molecule has 0 unspecified atom stereocenters. The minimum atomic E-state index is -0.158. The van der Waals surface area contributed by atoms with Crippen molar-refractivity contribution in [1.29, 1.82) is 0 Å². The summed E-state index contributed by atoms with van der Waals surface area (Å²) in [6.07, 6.45) is 12.8. The van der Waals surface area contributed by atoms with Gasteiger partial charge in [0.1, 0.15) is 22.7 Å². The van der Waals surface area contributed by atoms with E-state index >= 15 is 0 Å². The monoisotopic (exact) mass is 828 g/mol. The van der Waals surface area contributed by atoms with Crippen LogP contribution in [0.25, 0.3) is 56.3 Å². The van der Waals surface area contributed by atoms with Crippen molar-refractivity contribution >= 4 is 68.2 Å². The lowest BCUT2D eigenvalue weighted by atomic mass is 9.82. The van der Waals surface area contributed by atoms with Crippen molar-refractivity contribution in [1.82, 2.24) is 0 Å². The van der Waals surface area contributed by atoms with Gasteiger partial charge in [-0.2, -0.15) is 0 Å². The van der Waals surface area contributed by atoms with Gasteiger partial charge in [0, 0.05) is 56.5 Å². The van der Waals surface area contributed by atoms with Crippen LogP contribution < -0.4 is 9.80 Å². The van der Waals surface area contributed by atoms with Gasteiger partial charge in [-0.25, -0.2) is 0 Å². The minimum Gasteiger partial charge on any atom is -0.460 e. The van der Waals surface area contributed by atoms with Crippen molar-refractivity contribution in [2.45, 2.75) is 64.2 Å². The van der Waals surface area contributed by atoms with Gasteiger partial charge in [0.05, 0.1) is 16.8 Å². The largest absolute Gasteiger partial charge is 0.460 e. The quantitative estimate of drug-likeness (QED) is 0.167. The number of anilines is 6. The van der Waals surface area contributed by atoms with E-state index in [4.69, 9.17) is 8.83 Å². The van der Waals surface area contributed by atoms with E-state index in [1.807, 2.05) is 0 Å². The van der Waals surface area contributed by atoms with Crippen LogP contribution in [0.4, 0.5) is 34.1 Å². The normalized spacial score (nSPS) is 15.7. The Balaban J connectivity index is 1.05. The zero-order valence-corrected chi connectivity index (χ0v) is 36.7. The van der Waals surface area contributed by atoms with Crippen LogP contribution in [0.15, 0.2) is 167 Å². The molecule has 4 heteroatoms. The molecule has 310 valence electrons. The highest BCUT2D eigenvalue weighted by Gasteiger charge is 2.38. The van der Waals surface area contributed by atoms with E-state index < -0.39 is 0 Å². The van der Waals surface area contributed by atoms with Crippen LogP contribution in [-0.4, -0.2) is 0 Å². The van der Waals surface area contributed by atoms with E-state index in [-0.39, 0.29) is 10.8 Å². The molecule has 64 heavy (non-hydrogen) atoms. The average Bonchev–Trinajstić information content (AvgIpc) is 4.03. The van der Waals surface area contributed by atoms with Gasteiger partial charge in [-0.15, -0.1) is 0 Å². The van der Waals surface area contributed by atoms with Crippen molar-refractivity contribution in [3.8, 4) is 22.3 Å². The van der Waals surface area contributed by atoms with E-state index in [2.05, 4.69) is 207 Å². The first kappa shape index (κ1) is 37.3. The third kappa shape index (κ3) is 5.29. The minimum absolute atomic E-state index is 0.157. The molecular weight excluding hydrogens is 781 g/mol. The van der Waals surface area contributed by atoms with Crippen molar-refractivity contribution in [3.63, 3.8) is 0 Å². The number of rotatable bonds is 6. The zero-order valence-electron chi connectivity index (χ0n) is 36.7. The third-order valence-corrected chi connectivity index (χ3v) is 14.8. The molecule has 0 N–H and O–H groups in total. The second-order valence-electron chi connectivity index (χ2n) is 19.1. The third-order valence-electron chi connectivity index (χ3n) is 14.8. The maximum atomic E-state index is 6.64. The van der Waals surface area contributed by atoms with Crippen LogP contribution in [0.5, 0.6) is 0 Å². The number of benzene rings is 7. The molecule has 9 aromatic rings. The lowest BCUT2D eigenvalue weighted by molar-refractivity contribution is 0.546. The summed E-state index contributed by atoms with van der Waals surface area (Å²) >= 11 is 0. The molecule has 4 nitrogen and oxygen atoms in total. The summed E-state index contributed by atoms with van der Waals surface area (Å²) in [5, 5.41) is 2.32. The molecule has 13 rings (SSSR count). The van der Waals surface area contributed by atoms with Gasteiger partial charge in [-0.1, -0.05) is 125 Å². The molecule has 7 aromatic carbocycles. The maximum Gasteiger partial charge on any atom is 0.137 e. The van der Waals surface area contributed by atoms with Gasteiger partial charge in [0.25, 0.3) is 0 Å². The van der Waals surface area contributed by atoms with Gasteiger partial charge in [0.2, 0.25) is 0 Å². The van der Waals surface area contributed by atoms with E-state index in [1.165, 1.54) is 61.0 Å².